The zero-order chi connectivity index (χ0) is 12.6. The molecule has 17 heavy (non-hydrogen) atoms. The van der Waals surface area contributed by atoms with Crippen LogP contribution >= 0.6 is 11.6 Å². The number of piperidine rings is 1. The van der Waals surface area contributed by atoms with E-state index < -0.39 is 5.82 Å². The zero-order valence-corrected chi connectivity index (χ0v) is 10.7. The predicted octanol–water partition coefficient (Wildman–Crippen LogP) is 3.28. The van der Waals surface area contributed by atoms with Crippen LogP contribution in [0.5, 0.6) is 0 Å². The number of ketones is 1. The number of carbonyl (C=O) groups is 1. The lowest BCUT2D eigenvalue weighted by Crippen LogP contribution is -2.47. The highest BCUT2D eigenvalue weighted by molar-refractivity contribution is 6.30. The zero-order valence-electron chi connectivity index (χ0n) is 9.91. The summed E-state index contributed by atoms with van der Waals surface area (Å²) in [5, 5.41) is 0.127. The van der Waals surface area contributed by atoms with Crippen molar-refractivity contribution in [2.75, 3.05) is 11.4 Å². The van der Waals surface area contributed by atoms with Gasteiger partial charge in [0.25, 0.3) is 0 Å². The lowest BCUT2D eigenvalue weighted by atomic mass is 9.90. The average Bonchev–Trinajstić information content (AvgIpc) is 2.30. The standard InChI is InChI=1S/C13H15ClFNO/c1-8-9(2)16(6-5-13(8)17)10-3-4-11(14)12(15)7-10/h3-4,7-9H,5-6H2,1-2H3. The van der Waals surface area contributed by atoms with Gasteiger partial charge in [-0.05, 0) is 25.1 Å². The topological polar surface area (TPSA) is 20.3 Å². The van der Waals surface area contributed by atoms with Crippen LogP contribution in [0.2, 0.25) is 5.02 Å². The van der Waals surface area contributed by atoms with E-state index in [-0.39, 0.29) is 22.8 Å². The van der Waals surface area contributed by atoms with Gasteiger partial charge in [-0.25, -0.2) is 4.39 Å². The van der Waals surface area contributed by atoms with Crippen molar-refractivity contribution in [2.24, 2.45) is 5.92 Å². The third-order valence-electron chi connectivity index (χ3n) is 3.56. The van der Waals surface area contributed by atoms with Crippen molar-refractivity contribution in [3.8, 4) is 0 Å². The van der Waals surface area contributed by atoms with E-state index in [1.165, 1.54) is 6.07 Å². The van der Waals surface area contributed by atoms with E-state index in [9.17, 15) is 9.18 Å². The van der Waals surface area contributed by atoms with E-state index in [4.69, 9.17) is 11.6 Å². The Kier molecular flexibility index (Phi) is 3.38. The minimum absolute atomic E-state index is 0.0116. The van der Waals surface area contributed by atoms with Crippen molar-refractivity contribution in [3.63, 3.8) is 0 Å². The van der Waals surface area contributed by atoms with Crippen LogP contribution in [0.15, 0.2) is 18.2 Å². The van der Waals surface area contributed by atoms with Crippen LogP contribution < -0.4 is 4.90 Å². The van der Waals surface area contributed by atoms with Gasteiger partial charge in [0.15, 0.2) is 0 Å². The second-order valence-electron chi connectivity index (χ2n) is 4.54. The Morgan fingerprint density at radius 2 is 2.12 bits per heavy atom. The molecule has 1 saturated heterocycles. The number of halogens is 2. The molecule has 0 N–H and O–H groups in total. The Morgan fingerprint density at radius 3 is 2.76 bits per heavy atom. The van der Waals surface area contributed by atoms with E-state index in [0.717, 1.165) is 5.69 Å². The minimum atomic E-state index is -0.416. The van der Waals surface area contributed by atoms with Crippen molar-refractivity contribution in [3.05, 3.63) is 29.0 Å². The molecule has 0 amide bonds. The number of rotatable bonds is 1. The number of hydrogen-bond acceptors (Lipinski definition) is 2. The molecule has 0 saturated carbocycles. The maximum absolute atomic E-state index is 13.4. The number of nitrogens with zero attached hydrogens (tertiary/aromatic N) is 1. The van der Waals surface area contributed by atoms with Gasteiger partial charge in [0.05, 0.1) is 5.02 Å². The highest BCUT2D eigenvalue weighted by Crippen LogP contribution is 2.28. The summed E-state index contributed by atoms with van der Waals surface area (Å²) in [6.07, 6.45) is 0.524. The van der Waals surface area contributed by atoms with Crippen LogP contribution in [0, 0.1) is 11.7 Å². The molecule has 2 atom stereocenters. The first-order valence-electron chi connectivity index (χ1n) is 5.75. The van der Waals surface area contributed by atoms with Crippen LogP contribution in [0.25, 0.3) is 0 Å². The van der Waals surface area contributed by atoms with Crippen molar-refractivity contribution in [2.45, 2.75) is 26.3 Å². The van der Waals surface area contributed by atoms with Gasteiger partial charge in [-0.15, -0.1) is 0 Å². The Balaban J connectivity index is 2.27. The maximum atomic E-state index is 13.4. The van der Waals surface area contributed by atoms with E-state index in [1.54, 1.807) is 12.1 Å². The van der Waals surface area contributed by atoms with Gasteiger partial charge >= 0.3 is 0 Å². The molecule has 1 aliphatic rings. The molecule has 2 unspecified atom stereocenters. The number of Topliss-reactive ketones (excluding diaryl/α,β-unsaturated/α-hetero) is 1. The first-order valence-corrected chi connectivity index (χ1v) is 6.13. The van der Waals surface area contributed by atoms with Crippen molar-refractivity contribution < 1.29 is 9.18 Å². The van der Waals surface area contributed by atoms with E-state index in [2.05, 4.69) is 4.90 Å². The summed E-state index contributed by atoms with van der Waals surface area (Å²) in [6.45, 7) is 4.56. The fourth-order valence-corrected chi connectivity index (χ4v) is 2.35. The third-order valence-corrected chi connectivity index (χ3v) is 3.86. The Hall–Kier alpha value is -1.09. The number of carbonyl (C=O) groups excluding carboxylic acids is 1. The van der Waals surface area contributed by atoms with Crippen molar-refractivity contribution in [1.29, 1.82) is 0 Å². The summed E-state index contributed by atoms with van der Waals surface area (Å²) < 4.78 is 13.4. The van der Waals surface area contributed by atoms with Gasteiger partial charge in [-0.3, -0.25) is 4.79 Å². The Morgan fingerprint density at radius 1 is 1.41 bits per heavy atom. The molecule has 1 heterocycles. The van der Waals surface area contributed by atoms with E-state index in [0.29, 0.717) is 13.0 Å². The van der Waals surface area contributed by atoms with Gasteiger partial charge < -0.3 is 4.90 Å². The molecule has 0 spiro atoms. The second kappa shape index (κ2) is 4.65. The quantitative estimate of drug-likeness (QED) is 0.768. The van der Waals surface area contributed by atoms with Gasteiger partial charge in [-0.1, -0.05) is 18.5 Å². The number of hydrogen-bond donors (Lipinski definition) is 0. The molecular weight excluding hydrogens is 241 g/mol. The van der Waals surface area contributed by atoms with Crippen LogP contribution in [0.4, 0.5) is 10.1 Å². The first-order chi connectivity index (χ1) is 8.00. The molecule has 2 nitrogen and oxygen atoms in total. The largest absolute Gasteiger partial charge is 0.368 e. The molecular formula is C13H15ClFNO. The van der Waals surface area contributed by atoms with Crippen molar-refractivity contribution >= 4 is 23.1 Å². The smallest absolute Gasteiger partial charge is 0.143 e. The molecule has 0 aliphatic carbocycles. The van der Waals surface area contributed by atoms with Gasteiger partial charge in [-0.2, -0.15) is 0 Å². The summed E-state index contributed by atoms with van der Waals surface area (Å²) in [5.41, 5.74) is 0.791. The van der Waals surface area contributed by atoms with Crippen LogP contribution in [-0.2, 0) is 4.79 Å². The molecule has 1 aliphatic heterocycles. The first kappa shape index (κ1) is 12.4. The summed E-state index contributed by atoms with van der Waals surface area (Å²) >= 11 is 5.66. The van der Waals surface area contributed by atoms with Gasteiger partial charge in [0, 0.05) is 30.6 Å². The monoisotopic (exact) mass is 255 g/mol. The molecule has 0 bridgehead atoms. The lowest BCUT2D eigenvalue weighted by Gasteiger charge is -2.38. The van der Waals surface area contributed by atoms with Crippen molar-refractivity contribution in [1.82, 2.24) is 0 Å². The average molecular weight is 256 g/mol. The third kappa shape index (κ3) is 2.29. The Bertz CT molecular complexity index is 449. The Labute approximate surface area is 105 Å². The molecule has 0 aromatic heterocycles. The molecule has 92 valence electrons. The van der Waals surface area contributed by atoms with Gasteiger partial charge in [0.2, 0.25) is 0 Å². The normalized spacial score (nSPS) is 25.2. The molecule has 0 radical (unpaired) electrons. The van der Waals surface area contributed by atoms with Gasteiger partial charge in [0.1, 0.15) is 11.6 Å². The summed E-state index contributed by atoms with van der Waals surface area (Å²) in [7, 11) is 0. The van der Waals surface area contributed by atoms with Crippen LogP contribution in [-0.4, -0.2) is 18.4 Å². The highest BCUT2D eigenvalue weighted by atomic mass is 35.5. The van der Waals surface area contributed by atoms with E-state index in [1.807, 2.05) is 13.8 Å². The predicted molar refractivity (Wildman–Crippen MR) is 67.0 cm³/mol. The van der Waals surface area contributed by atoms with Crippen LogP contribution in [0.3, 0.4) is 0 Å². The SMILES string of the molecule is CC1C(=O)CCN(c2ccc(Cl)c(F)c2)C1C. The molecule has 1 aromatic carbocycles. The summed E-state index contributed by atoms with van der Waals surface area (Å²) in [6, 6.07) is 4.88. The second-order valence-corrected chi connectivity index (χ2v) is 4.94. The fourth-order valence-electron chi connectivity index (χ4n) is 2.23. The lowest BCUT2D eigenvalue weighted by molar-refractivity contribution is -0.123. The number of benzene rings is 1. The van der Waals surface area contributed by atoms with E-state index >= 15 is 0 Å². The molecule has 1 fully saturated rings. The fraction of sp³-hybridized carbons (Fsp3) is 0.462. The highest BCUT2D eigenvalue weighted by Gasteiger charge is 2.31. The molecule has 2 rings (SSSR count). The summed E-state index contributed by atoms with van der Waals surface area (Å²) in [4.78, 5) is 13.6. The maximum Gasteiger partial charge on any atom is 0.143 e. The summed E-state index contributed by atoms with van der Waals surface area (Å²) in [5.74, 6) is -0.147. The molecule has 4 heteroatoms. The van der Waals surface area contributed by atoms with Crippen LogP contribution in [0.1, 0.15) is 20.3 Å². The minimum Gasteiger partial charge on any atom is -0.368 e. The molecule has 1 aromatic rings. The number of anilines is 1.